The summed E-state index contributed by atoms with van der Waals surface area (Å²) >= 11 is 0. The van der Waals surface area contributed by atoms with Crippen LogP contribution in [0.5, 0.6) is 0 Å². The number of rotatable bonds is 21. The summed E-state index contributed by atoms with van der Waals surface area (Å²) in [6.45, 7) is 8.07. The van der Waals surface area contributed by atoms with Crippen molar-refractivity contribution in [2.45, 2.75) is 155 Å². The number of ether oxygens (including phenoxy) is 2. The highest BCUT2D eigenvalue weighted by Gasteiger charge is 2.20. The number of carbonyl (C=O) groups is 2. The summed E-state index contributed by atoms with van der Waals surface area (Å²) in [5, 5.41) is 0. The maximum absolute atomic E-state index is 12.0. The molecule has 0 N–H and O–H groups in total. The van der Waals surface area contributed by atoms with E-state index >= 15 is 0 Å². The van der Waals surface area contributed by atoms with Crippen LogP contribution in [0, 0.1) is 0 Å². The lowest BCUT2D eigenvalue weighted by atomic mass is 10.1. The van der Waals surface area contributed by atoms with Crippen molar-refractivity contribution in [3.8, 4) is 0 Å². The molecule has 0 aromatic rings. The highest BCUT2D eigenvalue weighted by atomic mass is 16.6. The number of unbranched alkanes of at least 4 members (excludes halogenated alkanes) is 14. The van der Waals surface area contributed by atoms with Gasteiger partial charge in [-0.25, -0.2) is 0 Å². The van der Waals surface area contributed by atoms with Gasteiger partial charge in [-0.15, -0.1) is 0 Å². The molecule has 0 radical (unpaired) electrons. The first-order valence-electron chi connectivity index (χ1n) is 12.9. The molecule has 0 aromatic heterocycles. The van der Waals surface area contributed by atoms with Gasteiger partial charge in [0.1, 0.15) is 12.2 Å². The highest BCUT2D eigenvalue weighted by Crippen LogP contribution is 2.13. The van der Waals surface area contributed by atoms with Crippen LogP contribution >= 0.6 is 0 Å². The van der Waals surface area contributed by atoms with Gasteiger partial charge in [-0.2, -0.15) is 0 Å². The molecule has 0 spiro atoms. The van der Waals surface area contributed by atoms with Gasteiger partial charge in [0.15, 0.2) is 0 Å². The molecule has 0 bridgehead atoms. The van der Waals surface area contributed by atoms with E-state index in [0.29, 0.717) is 12.8 Å². The monoisotopic (exact) mass is 426 g/mol. The van der Waals surface area contributed by atoms with Crippen LogP contribution in [-0.4, -0.2) is 24.1 Å². The lowest BCUT2D eigenvalue weighted by Gasteiger charge is -2.21. The van der Waals surface area contributed by atoms with Gasteiger partial charge in [-0.05, 0) is 26.7 Å². The van der Waals surface area contributed by atoms with E-state index in [1.165, 1.54) is 77.0 Å². The second-order valence-electron chi connectivity index (χ2n) is 8.84. The highest BCUT2D eigenvalue weighted by molar-refractivity contribution is 5.70. The SMILES string of the molecule is CCCCCCCCCCC(=O)OC(C)C(C)OC(=O)CCCCCCCCCC. The molecule has 0 fully saturated rings. The fourth-order valence-electron chi connectivity index (χ4n) is 3.53. The summed E-state index contributed by atoms with van der Waals surface area (Å²) in [7, 11) is 0. The first-order chi connectivity index (χ1) is 14.5. The summed E-state index contributed by atoms with van der Waals surface area (Å²) in [5.41, 5.74) is 0. The Hall–Kier alpha value is -1.06. The summed E-state index contributed by atoms with van der Waals surface area (Å²) in [6, 6.07) is 0. The molecule has 0 heterocycles. The zero-order valence-corrected chi connectivity index (χ0v) is 20.5. The third-order valence-corrected chi connectivity index (χ3v) is 5.76. The molecule has 2 atom stereocenters. The van der Waals surface area contributed by atoms with Crippen molar-refractivity contribution < 1.29 is 19.1 Å². The smallest absolute Gasteiger partial charge is 0.306 e. The number of hydrogen-bond donors (Lipinski definition) is 0. The zero-order valence-electron chi connectivity index (χ0n) is 20.5. The normalized spacial score (nSPS) is 13.1. The molecule has 0 aliphatic heterocycles. The summed E-state index contributed by atoms with van der Waals surface area (Å²) in [5.74, 6) is -0.362. The van der Waals surface area contributed by atoms with Gasteiger partial charge in [0.05, 0.1) is 0 Å². The quantitative estimate of drug-likeness (QED) is 0.138. The lowest BCUT2D eigenvalue weighted by Crippen LogP contribution is -2.30. The van der Waals surface area contributed by atoms with Gasteiger partial charge in [-0.3, -0.25) is 9.59 Å². The Labute approximate surface area is 186 Å². The molecule has 0 amide bonds. The Morgan fingerprint density at radius 3 is 1.07 bits per heavy atom. The molecule has 0 rings (SSSR count). The molecule has 4 heteroatoms. The van der Waals surface area contributed by atoms with Crippen LogP contribution in [0.25, 0.3) is 0 Å². The minimum Gasteiger partial charge on any atom is -0.459 e. The molecule has 0 saturated heterocycles. The van der Waals surface area contributed by atoms with Crippen LogP contribution in [-0.2, 0) is 19.1 Å². The predicted octanol–water partition coefficient (Wildman–Crippen LogP) is 7.91. The standard InChI is InChI=1S/C26H50O4/c1-5-7-9-11-13-15-17-19-21-25(27)29-23(3)24(4)30-26(28)22-20-18-16-14-12-10-8-6-2/h23-24H,5-22H2,1-4H3. The Morgan fingerprint density at radius 2 is 0.767 bits per heavy atom. The maximum Gasteiger partial charge on any atom is 0.306 e. The van der Waals surface area contributed by atoms with Crippen LogP contribution in [0.15, 0.2) is 0 Å². The Kier molecular flexibility index (Phi) is 20.4. The van der Waals surface area contributed by atoms with Gasteiger partial charge < -0.3 is 9.47 Å². The first kappa shape index (κ1) is 28.9. The molecule has 30 heavy (non-hydrogen) atoms. The Morgan fingerprint density at radius 1 is 0.500 bits per heavy atom. The van der Waals surface area contributed by atoms with Crippen molar-refractivity contribution in [1.82, 2.24) is 0 Å². The number of carbonyl (C=O) groups excluding carboxylic acids is 2. The fraction of sp³-hybridized carbons (Fsp3) is 0.923. The number of esters is 2. The minimum atomic E-state index is -0.394. The van der Waals surface area contributed by atoms with Crippen molar-refractivity contribution >= 4 is 11.9 Å². The Balaban J connectivity index is 3.67. The summed E-state index contributed by atoms with van der Waals surface area (Å²) in [6.07, 6.45) is 19.4. The maximum atomic E-state index is 12.0. The van der Waals surface area contributed by atoms with Crippen molar-refractivity contribution in [3.63, 3.8) is 0 Å². The number of hydrogen-bond acceptors (Lipinski definition) is 4. The van der Waals surface area contributed by atoms with Crippen LogP contribution in [0.3, 0.4) is 0 Å². The van der Waals surface area contributed by atoms with Gasteiger partial charge >= 0.3 is 11.9 Å². The molecular formula is C26H50O4. The van der Waals surface area contributed by atoms with Gasteiger partial charge in [-0.1, -0.05) is 104 Å². The summed E-state index contributed by atoms with van der Waals surface area (Å²) in [4.78, 5) is 24.0. The summed E-state index contributed by atoms with van der Waals surface area (Å²) < 4.78 is 10.9. The minimum absolute atomic E-state index is 0.181. The van der Waals surface area contributed by atoms with Crippen LogP contribution in [0.1, 0.15) is 143 Å². The van der Waals surface area contributed by atoms with Crippen LogP contribution in [0.4, 0.5) is 0 Å². The molecule has 4 nitrogen and oxygen atoms in total. The van der Waals surface area contributed by atoms with Crippen molar-refractivity contribution in [2.24, 2.45) is 0 Å². The van der Waals surface area contributed by atoms with E-state index in [1.807, 2.05) is 0 Å². The lowest BCUT2D eigenvalue weighted by molar-refractivity contribution is -0.165. The van der Waals surface area contributed by atoms with E-state index in [4.69, 9.17) is 9.47 Å². The first-order valence-corrected chi connectivity index (χ1v) is 12.9. The van der Waals surface area contributed by atoms with E-state index in [2.05, 4.69) is 13.8 Å². The molecule has 178 valence electrons. The van der Waals surface area contributed by atoms with E-state index < -0.39 is 12.2 Å². The van der Waals surface area contributed by atoms with Crippen molar-refractivity contribution in [3.05, 3.63) is 0 Å². The van der Waals surface area contributed by atoms with Crippen LogP contribution in [0.2, 0.25) is 0 Å². The molecular weight excluding hydrogens is 376 g/mol. The molecule has 0 aliphatic rings. The third-order valence-electron chi connectivity index (χ3n) is 5.76. The average Bonchev–Trinajstić information content (AvgIpc) is 2.71. The van der Waals surface area contributed by atoms with E-state index in [-0.39, 0.29) is 11.9 Å². The molecule has 0 saturated carbocycles. The Bertz CT molecular complexity index is 370. The van der Waals surface area contributed by atoms with E-state index in [0.717, 1.165) is 25.7 Å². The van der Waals surface area contributed by atoms with Crippen LogP contribution < -0.4 is 0 Å². The van der Waals surface area contributed by atoms with Gasteiger partial charge in [0, 0.05) is 12.8 Å². The fourth-order valence-corrected chi connectivity index (χ4v) is 3.53. The average molecular weight is 427 g/mol. The topological polar surface area (TPSA) is 52.6 Å². The molecule has 2 unspecified atom stereocenters. The largest absolute Gasteiger partial charge is 0.459 e. The second kappa shape index (κ2) is 21.2. The molecule has 0 aromatic carbocycles. The molecule has 0 aliphatic carbocycles. The second-order valence-corrected chi connectivity index (χ2v) is 8.84. The van der Waals surface area contributed by atoms with Crippen molar-refractivity contribution in [2.75, 3.05) is 0 Å². The third kappa shape index (κ3) is 18.9. The van der Waals surface area contributed by atoms with Crippen molar-refractivity contribution in [1.29, 1.82) is 0 Å². The van der Waals surface area contributed by atoms with E-state index in [9.17, 15) is 9.59 Å². The van der Waals surface area contributed by atoms with Gasteiger partial charge in [0.25, 0.3) is 0 Å². The predicted molar refractivity (Wildman–Crippen MR) is 126 cm³/mol. The zero-order chi connectivity index (χ0) is 22.5. The van der Waals surface area contributed by atoms with E-state index in [1.54, 1.807) is 13.8 Å². The van der Waals surface area contributed by atoms with Gasteiger partial charge in [0.2, 0.25) is 0 Å².